The summed E-state index contributed by atoms with van der Waals surface area (Å²) >= 11 is 0. The summed E-state index contributed by atoms with van der Waals surface area (Å²) in [5.74, 6) is 0.537. The topological polar surface area (TPSA) is 59.0 Å². The van der Waals surface area contributed by atoms with Crippen molar-refractivity contribution in [2.45, 2.75) is 6.10 Å². The van der Waals surface area contributed by atoms with Crippen molar-refractivity contribution in [1.29, 1.82) is 0 Å². The lowest BCUT2D eigenvalue weighted by molar-refractivity contribution is -0.126. The van der Waals surface area contributed by atoms with Gasteiger partial charge in [-0.25, -0.2) is 0 Å². The van der Waals surface area contributed by atoms with E-state index in [4.69, 9.17) is 9.47 Å². The molecule has 1 amide bonds. The second kappa shape index (κ2) is 5.54. The lowest BCUT2D eigenvalue weighted by Gasteiger charge is -2.30. The zero-order valence-electron chi connectivity index (χ0n) is 9.41. The van der Waals surface area contributed by atoms with Crippen molar-refractivity contribution in [2.24, 2.45) is 0 Å². The molecular weight excluding hydrogens is 222 g/mol. The maximum Gasteiger partial charge on any atom is 0.209 e. The van der Waals surface area contributed by atoms with Crippen LogP contribution >= 0.6 is 0 Å². The summed E-state index contributed by atoms with van der Waals surface area (Å²) in [6.07, 6.45) is 0.670. The van der Waals surface area contributed by atoms with Gasteiger partial charge in [0, 0.05) is 6.54 Å². The summed E-state index contributed by atoms with van der Waals surface area (Å²) in [4.78, 5) is 12.3. The van der Waals surface area contributed by atoms with Crippen molar-refractivity contribution in [1.82, 2.24) is 4.90 Å². The quantitative estimate of drug-likeness (QED) is 0.780. The van der Waals surface area contributed by atoms with Gasteiger partial charge in [-0.3, -0.25) is 4.79 Å². The third-order valence-electron chi connectivity index (χ3n) is 2.61. The van der Waals surface area contributed by atoms with Gasteiger partial charge in [-0.15, -0.1) is 0 Å². The fourth-order valence-corrected chi connectivity index (χ4v) is 1.70. The van der Waals surface area contributed by atoms with Gasteiger partial charge in [-0.2, -0.15) is 0 Å². The second-order valence-electron chi connectivity index (χ2n) is 3.87. The number of hydrogen-bond donors (Lipinski definition) is 1. The van der Waals surface area contributed by atoms with Crippen molar-refractivity contribution in [3.8, 4) is 11.5 Å². The van der Waals surface area contributed by atoms with Gasteiger partial charge in [-0.05, 0) is 12.1 Å². The van der Waals surface area contributed by atoms with Gasteiger partial charge < -0.3 is 19.5 Å². The van der Waals surface area contributed by atoms with E-state index in [0.29, 0.717) is 32.1 Å². The van der Waals surface area contributed by atoms with Crippen LogP contribution in [-0.4, -0.2) is 48.8 Å². The Balaban J connectivity index is 1.86. The normalized spacial score (nSPS) is 20.0. The van der Waals surface area contributed by atoms with Crippen molar-refractivity contribution in [2.75, 3.05) is 26.3 Å². The standard InChI is InChI=1S/C12H15NO4/c14-9-13-5-6-16-10(7-13)8-17-12-4-2-1-3-11(12)15/h1-4,9-10,15H,5-8H2. The van der Waals surface area contributed by atoms with E-state index in [0.717, 1.165) is 6.41 Å². The monoisotopic (exact) mass is 237 g/mol. The van der Waals surface area contributed by atoms with E-state index in [1.165, 1.54) is 0 Å². The maximum atomic E-state index is 10.6. The van der Waals surface area contributed by atoms with E-state index in [-0.39, 0.29) is 11.9 Å². The summed E-state index contributed by atoms with van der Waals surface area (Å²) in [6, 6.07) is 6.77. The maximum absolute atomic E-state index is 10.6. The first kappa shape index (κ1) is 11.7. The van der Waals surface area contributed by atoms with E-state index in [1.807, 2.05) is 0 Å². The van der Waals surface area contributed by atoms with Crippen LogP contribution in [-0.2, 0) is 9.53 Å². The highest BCUT2D eigenvalue weighted by Gasteiger charge is 2.20. The molecule has 17 heavy (non-hydrogen) atoms. The molecule has 1 heterocycles. The van der Waals surface area contributed by atoms with Gasteiger partial charge in [0.15, 0.2) is 11.5 Å². The molecule has 1 aromatic carbocycles. The summed E-state index contributed by atoms with van der Waals surface area (Å²) in [5.41, 5.74) is 0. The van der Waals surface area contributed by atoms with Crippen LogP contribution in [0.1, 0.15) is 0 Å². The fourth-order valence-electron chi connectivity index (χ4n) is 1.70. The number of ether oxygens (including phenoxy) is 2. The molecule has 1 unspecified atom stereocenters. The highest BCUT2D eigenvalue weighted by Crippen LogP contribution is 2.24. The van der Waals surface area contributed by atoms with Crippen molar-refractivity contribution in [3.63, 3.8) is 0 Å². The molecule has 0 aliphatic carbocycles. The Morgan fingerprint density at radius 3 is 3.12 bits per heavy atom. The van der Waals surface area contributed by atoms with Crippen LogP contribution in [0.5, 0.6) is 11.5 Å². The zero-order valence-corrected chi connectivity index (χ0v) is 9.41. The highest BCUT2D eigenvalue weighted by atomic mass is 16.5. The minimum Gasteiger partial charge on any atom is -0.504 e. The molecule has 1 aliphatic rings. The van der Waals surface area contributed by atoms with Crippen molar-refractivity contribution < 1.29 is 19.4 Å². The minimum atomic E-state index is -0.145. The molecule has 1 saturated heterocycles. The van der Waals surface area contributed by atoms with Crippen molar-refractivity contribution >= 4 is 6.41 Å². The first-order valence-corrected chi connectivity index (χ1v) is 5.51. The average Bonchev–Trinajstić information content (AvgIpc) is 2.38. The van der Waals surface area contributed by atoms with E-state index < -0.39 is 0 Å². The molecule has 1 N–H and O–H groups in total. The van der Waals surface area contributed by atoms with Gasteiger partial charge in [0.25, 0.3) is 0 Å². The predicted octanol–water partition coefficient (Wildman–Crippen LogP) is 0.628. The van der Waals surface area contributed by atoms with Crippen LogP contribution < -0.4 is 4.74 Å². The SMILES string of the molecule is O=CN1CCOC(COc2ccccc2O)C1. The Labute approximate surface area is 99.6 Å². The van der Waals surface area contributed by atoms with Crippen LogP contribution in [0.4, 0.5) is 0 Å². The second-order valence-corrected chi connectivity index (χ2v) is 3.87. The van der Waals surface area contributed by atoms with E-state index in [9.17, 15) is 9.90 Å². The number of phenols is 1. The Morgan fingerprint density at radius 1 is 1.53 bits per heavy atom. The summed E-state index contributed by atoms with van der Waals surface area (Å²) in [6.45, 7) is 1.99. The zero-order chi connectivity index (χ0) is 12.1. The molecule has 5 nitrogen and oxygen atoms in total. The molecule has 2 rings (SSSR count). The molecule has 92 valence electrons. The van der Waals surface area contributed by atoms with Gasteiger partial charge in [0.1, 0.15) is 12.7 Å². The molecule has 0 saturated carbocycles. The number of amides is 1. The van der Waals surface area contributed by atoms with Crippen molar-refractivity contribution in [3.05, 3.63) is 24.3 Å². The molecule has 1 aromatic rings. The number of carbonyl (C=O) groups excluding carboxylic acids is 1. The number of morpholine rings is 1. The van der Waals surface area contributed by atoms with Gasteiger partial charge in [-0.1, -0.05) is 12.1 Å². The Bertz CT molecular complexity index is 383. The van der Waals surface area contributed by atoms with Crippen LogP contribution in [0.25, 0.3) is 0 Å². The molecule has 1 fully saturated rings. The van der Waals surface area contributed by atoms with Crippen LogP contribution in [0.15, 0.2) is 24.3 Å². The number of rotatable bonds is 4. The van der Waals surface area contributed by atoms with Crippen LogP contribution in [0.2, 0.25) is 0 Å². The number of benzene rings is 1. The Morgan fingerprint density at radius 2 is 2.35 bits per heavy atom. The number of carbonyl (C=O) groups is 1. The summed E-state index contributed by atoms with van der Waals surface area (Å²) < 4.78 is 10.9. The molecule has 0 aromatic heterocycles. The third-order valence-corrected chi connectivity index (χ3v) is 2.61. The number of aromatic hydroxyl groups is 1. The lowest BCUT2D eigenvalue weighted by atomic mass is 10.3. The molecule has 0 radical (unpaired) electrons. The number of nitrogens with zero attached hydrogens (tertiary/aromatic N) is 1. The number of phenolic OH excluding ortho intramolecular Hbond substituents is 1. The largest absolute Gasteiger partial charge is 0.504 e. The highest BCUT2D eigenvalue weighted by molar-refractivity contribution is 5.47. The smallest absolute Gasteiger partial charge is 0.209 e. The molecule has 1 aliphatic heterocycles. The van der Waals surface area contributed by atoms with Gasteiger partial charge in [0.05, 0.1) is 13.2 Å². The van der Waals surface area contributed by atoms with Gasteiger partial charge in [0.2, 0.25) is 6.41 Å². The first-order valence-electron chi connectivity index (χ1n) is 5.51. The molecule has 0 spiro atoms. The number of hydrogen-bond acceptors (Lipinski definition) is 4. The summed E-state index contributed by atoms with van der Waals surface area (Å²) in [7, 11) is 0. The minimum absolute atomic E-state index is 0.107. The third kappa shape index (κ3) is 3.10. The predicted molar refractivity (Wildman–Crippen MR) is 61.0 cm³/mol. The fraction of sp³-hybridized carbons (Fsp3) is 0.417. The van der Waals surface area contributed by atoms with Gasteiger partial charge >= 0.3 is 0 Å². The lowest BCUT2D eigenvalue weighted by Crippen LogP contribution is -2.44. The Kier molecular flexibility index (Phi) is 3.82. The van der Waals surface area contributed by atoms with Crippen LogP contribution in [0.3, 0.4) is 0 Å². The van der Waals surface area contributed by atoms with E-state index in [2.05, 4.69) is 0 Å². The first-order chi connectivity index (χ1) is 8.29. The summed E-state index contributed by atoms with van der Waals surface area (Å²) in [5, 5.41) is 9.51. The van der Waals surface area contributed by atoms with E-state index in [1.54, 1.807) is 29.2 Å². The Hall–Kier alpha value is -1.75. The molecular formula is C12H15NO4. The average molecular weight is 237 g/mol. The number of para-hydroxylation sites is 2. The van der Waals surface area contributed by atoms with Crippen LogP contribution in [0, 0.1) is 0 Å². The van der Waals surface area contributed by atoms with E-state index >= 15 is 0 Å². The molecule has 5 heteroatoms. The molecule has 0 bridgehead atoms. The molecule has 1 atom stereocenters.